The minimum absolute atomic E-state index is 0.0966. The van der Waals surface area contributed by atoms with Crippen LogP contribution in [0.3, 0.4) is 0 Å². The fourth-order valence-corrected chi connectivity index (χ4v) is 3.59. The van der Waals surface area contributed by atoms with Crippen LogP contribution in [0.25, 0.3) is 0 Å². The normalized spacial score (nSPS) is 18.4. The lowest BCUT2D eigenvalue weighted by molar-refractivity contribution is -0.123. The van der Waals surface area contributed by atoms with Crippen molar-refractivity contribution in [2.75, 3.05) is 11.9 Å². The summed E-state index contributed by atoms with van der Waals surface area (Å²) in [5.41, 5.74) is 1.38. The number of carbonyl (C=O) groups is 2. The summed E-state index contributed by atoms with van der Waals surface area (Å²) in [6.45, 7) is 1.79. The van der Waals surface area contributed by atoms with Gasteiger partial charge in [0.05, 0.1) is 11.1 Å². The van der Waals surface area contributed by atoms with E-state index in [4.69, 9.17) is 27.9 Å². The summed E-state index contributed by atoms with van der Waals surface area (Å²) in [4.78, 5) is 25.3. The highest BCUT2D eigenvalue weighted by molar-refractivity contribution is 6.35. The molecular formula is C20H20Cl2N2O3. The zero-order chi connectivity index (χ0) is 19.4. The van der Waals surface area contributed by atoms with Crippen molar-refractivity contribution in [2.45, 2.75) is 31.8 Å². The molecule has 0 saturated carbocycles. The van der Waals surface area contributed by atoms with Crippen molar-refractivity contribution < 1.29 is 14.3 Å². The van der Waals surface area contributed by atoms with Crippen LogP contribution < -0.4 is 15.4 Å². The van der Waals surface area contributed by atoms with E-state index in [9.17, 15) is 9.59 Å². The Hall–Kier alpha value is -2.24. The van der Waals surface area contributed by atoms with Crippen LogP contribution in [-0.4, -0.2) is 30.4 Å². The number of anilines is 1. The number of Topliss-reactive ketones (excluding diaryl/α,β-unsaturated/α-hetero) is 1. The molecule has 0 fully saturated rings. The summed E-state index contributed by atoms with van der Waals surface area (Å²) in [6, 6.07) is 11.3. The monoisotopic (exact) mass is 406 g/mol. The van der Waals surface area contributed by atoms with E-state index in [1.54, 1.807) is 24.3 Å². The van der Waals surface area contributed by atoms with E-state index < -0.39 is 6.04 Å². The third-order valence-corrected chi connectivity index (χ3v) is 4.92. The molecule has 3 rings (SSSR count). The number of ketones is 1. The number of rotatable bonds is 6. The van der Waals surface area contributed by atoms with Gasteiger partial charge >= 0.3 is 0 Å². The van der Waals surface area contributed by atoms with Crippen molar-refractivity contribution in [3.63, 3.8) is 0 Å². The summed E-state index contributed by atoms with van der Waals surface area (Å²) >= 11 is 11.9. The van der Waals surface area contributed by atoms with Crippen LogP contribution in [0.1, 0.15) is 30.1 Å². The number of amides is 1. The maximum atomic E-state index is 12.9. The Bertz CT molecular complexity index is 857. The van der Waals surface area contributed by atoms with Crippen molar-refractivity contribution in [1.29, 1.82) is 0 Å². The summed E-state index contributed by atoms with van der Waals surface area (Å²) in [5.74, 6) is -0.123. The molecule has 2 atom stereocenters. The average molecular weight is 407 g/mol. The van der Waals surface area contributed by atoms with Crippen LogP contribution in [-0.2, 0) is 4.79 Å². The molecule has 0 spiro atoms. The largest absolute Gasteiger partial charge is 0.482 e. The molecule has 1 heterocycles. The first kappa shape index (κ1) is 19.5. The van der Waals surface area contributed by atoms with Gasteiger partial charge in [0.1, 0.15) is 11.8 Å². The highest BCUT2D eigenvalue weighted by Crippen LogP contribution is 2.28. The Morgan fingerprint density at radius 1 is 1.22 bits per heavy atom. The third-order valence-electron chi connectivity index (χ3n) is 4.39. The summed E-state index contributed by atoms with van der Waals surface area (Å²) in [6.07, 6.45) is 1.64. The van der Waals surface area contributed by atoms with Crippen LogP contribution in [0.15, 0.2) is 42.5 Å². The number of para-hydroxylation sites is 1. The summed E-state index contributed by atoms with van der Waals surface area (Å²) in [7, 11) is 0. The van der Waals surface area contributed by atoms with Crippen LogP contribution in [0.4, 0.5) is 5.69 Å². The molecule has 0 aromatic heterocycles. The minimum Gasteiger partial charge on any atom is -0.482 e. The predicted molar refractivity (Wildman–Crippen MR) is 107 cm³/mol. The predicted octanol–water partition coefficient (Wildman–Crippen LogP) is 4.33. The first-order valence-corrected chi connectivity index (χ1v) is 9.52. The topological polar surface area (TPSA) is 67.4 Å². The van der Waals surface area contributed by atoms with Crippen molar-refractivity contribution in [1.82, 2.24) is 5.32 Å². The van der Waals surface area contributed by atoms with Crippen molar-refractivity contribution in [2.24, 2.45) is 0 Å². The molecule has 0 bridgehead atoms. The van der Waals surface area contributed by atoms with E-state index in [1.807, 2.05) is 25.1 Å². The average Bonchev–Trinajstić information content (AvgIpc) is 2.64. The molecule has 0 aliphatic carbocycles. The Balaban J connectivity index is 1.68. The number of carbonyl (C=O) groups excluding carboxylic acids is 2. The molecule has 2 N–H and O–H groups in total. The van der Waals surface area contributed by atoms with Gasteiger partial charge in [-0.3, -0.25) is 9.59 Å². The Kier molecular flexibility index (Phi) is 6.24. The lowest BCUT2D eigenvalue weighted by Crippen LogP contribution is -2.55. The summed E-state index contributed by atoms with van der Waals surface area (Å²) in [5, 5.41) is 6.97. The number of nitrogens with one attached hydrogen (secondary N) is 2. The van der Waals surface area contributed by atoms with E-state index in [0.29, 0.717) is 21.4 Å². The van der Waals surface area contributed by atoms with Gasteiger partial charge in [-0.2, -0.15) is 0 Å². The molecule has 27 heavy (non-hydrogen) atoms. The van der Waals surface area contributed by atoms with E-state index in [1.165, 1.54) is 0 Å². The molecule has 2 aromatic carbocycles. The lowest BCUT2D eigenvalue weighted by atomic mass is 9.89. The number of fused-ring (bicyclic) bond motifs is 1. The fraction of sp³-hybridized carbons (Fsp3) is 0.300. The minimum atomic E-state index is -0.642. The maximum Gasteiger partial charge on any atom is 0.258 e. The lowest BCUT2D eigenvalue weighted by Gasteiger charge is -2.34. The second kappa shape index (κ2) is 8.63. The molecule has 5 nitrogen and oxygen atoms in total. The van der Waals surface area contributed by atoms with Gasteiger partial charge in [-0.15, -0.1) is 0 Å². The van der Waals surface area contributed by atoms with Gasteiger partial charge in [0.2, 0.25) is 0 Å². The Labute approximate surface area is 168 Å². The van der Waals surface area contributed by atoms with Crippen molar-refractivity contribution in [3.8, 4) is 5.75 Å². The fourth-order valence-electron chi connectivity index (χ4n) is 3.12. The van der Waals surface area contributed by atoms with Gasteiger partial charge in [-0.1, -0.05) is 48.7 Å². The SMILES string of the molecule is CCC[C@H]1Nc2ccccc2C(=O)[C@H]1NC(=O)COc1ccc(Cl)cc1Cl. The highest BCUT2D eigenvalue weighted by Gasteiger charge is 2.35. The van der Waals surface area contributed by atoms with Gasteiger partial charge in [0, 0.05) is 16.3 Å². The maximum absolute atomic E-state index is 12.9. The molecule has 0 unspecified atom stereocenters. The summed E-state index contributed by atoms with van der Waals surface area (Å²) < 4.78 is 5.46. The third kappa shape index (κ3) is 4.54. The molecule has 1 aliphatic rings. The molecule has 7 heteroatoms. The van der Waals surface area contributed by atoms with E-state index in [0.717, 1.165) is 18.5 Å². The van der Waals surface area contributed by atoms with Gasteiger partial charge in [-0.05, 0) is 36.8 Å². The molecule has 0 radical (unpaired) electrons. The highest BCUT2D eigenvalue weighted by atomic mass is 35.5. The Morgan fingerprint density at radius 2 is 2.00 bits per heavy atom. The number of ether oxygens (including phenoxy) is 1. The van der Waals surface area contributed by atoms with Gasteiger partial charge in [-0.25, -0.2) is 0 Å². The van der Waals surface area contributed by atoms with Crippen LogP contribution in [0, 0.1) is 0 Å². The second-order valence-electron chi connectivity index (χ2n) is 6.36. The number of benzene rings is 2. The van der Waals surface area contributed by atoms with E-state index in [2.05, 4.69) is 10.6 Å². The molecule has 1 amide bonds. The van der Waals surface area contributed by atoms with Crippen LogP contribution in [0.2, 0.25) is 10.0 Å². The van der Waals surface area contributed by atoms with E-state index in [-0.39, 0.29) is 24.3 Å². The molecule has 142 valence electrons. The quantitative estimate of drug-likeness (QED) is 0.748. The smallest absolute Gasteiger partial charge is 0.258 e. The zero-order valence-corrected chi connectivity index (χ0v) is 16.3. The van der Waals surface area contributed by atoms with Crippen molar-refractivity contribution in [3.05, 3.63) is 58.1 Å². The Morgan fingerprint density at radius 3 is 2.74 bits per heavy atom. The standard InChI is InChI=1S/C20H20Cl2N2O3/c1-2-5-16-19(20(26)13-6-3-4-7-15(13)23-16)24-18(25)11-27-17-9-8-12(21)10-14(17)22/h3-4,6-10,16,19,23H,2,5,11H2,1H3,(H,24,25)/t16-,19+/m1/s1. The molecule has 1 aliphatic heterocycles. The van der Waals surface area contributed by atoms with Gasteiger partial charge < -0.3 is 15.4 Å². The number of halogens is 2. The van der Waals surface area contributed by atoms with Crippen LogP contribution in [0.5, 0.6) is 5.75 Å². The first-order chi connectivity index (χ1) is 13.0. The second-order valence-corrected chi connectivity index (χ2v) is 7.20. The molecule has 0 saturated heterocycles. The zero-order valence-electron chi connectivity index (χ0n) is 14.8. The van der Waals surface area contributed by atoms with Gasteiger partial charge in [0.25, 0.3) is 5.91 Å². The first-order valence-electron chi connectivity index (χ1n) is 8.76. The van der Waals surface area contributed by atoms with Crippen LogP contribution >= 0.6 is 23.2 Å². The molecular weight excluding hydrogens is 387 g/mol. The molecule has 2 aromatic rings. The van der Waals surface area contributed by atoms with Crippen molar-refractivity contribution >= 4 is 40.6 Å². The van der Waals surface area contributed by atoms with Gasteiger partial charge in [0.15, 0.2) is 12.4 Å². The van der Waals surface area contributed by atoms with E-state index >= 15 is 0 Å². The number of hydrogen-bond acceptors (Lipinski definition) is 4. The number of hydrogen-bond donors (Lipinski definition) is 2.